The summed E-state index contributed by atoms with van der Waals surface area (Å²) in [7, 11) is 0. The SMILES string of the molecule is CCC(C)(N)c1ccc(N(c2ccccc2)c2ccc(C)cc2)cc1. The fraction of sp³-hybridized carbons (Fsp3) is 0.217. The highest BCUT2D eigenvalue weighted by atomic mass is 15.1. The van der Waals surface area contributed by atoms with Crippen LogP contribution in [0.5, 0.6) is 0 Å². The maximum Gasteiger partial charge on any atom is 0.0461 e. The molecule has 0 aliphatic rings. The highest BCUT2D eigenvalue weighted by Gasteiger charge is 2.19. The molecular weight excluding hydrogens is 304 g/mol. The molecule has 3 aromatic carbocycles. The first-order valence-electron chi connectivity index (χ1n) is 8.82. The van der Waals surface area contributed by atoms with Crippen LogP contribution in [0, 0.1) is 6.92 Å². The molecule has 128 valence electrons. The lowest BCUT2D eigenvalue weighted by atomic mass is 9.90. The van der Waals surface area contributed by atoms with Gasteiger partial charge in [0.25, 0.3) is 0 Å². The van der Waals surface area contributed by atoms with Gasteiger partial charge in [-0.1, -0.05) is 55.0 Å². The van der Waals surface area contributed by atoms with Crippen LogP contribution in [0.25, 0.3) is 0 Å². The molecule has 0 aliphatic carbocycles. The van der Waals surface area contributed by atoms with Gasteiger partial charge in [0.2, 0.25) is 0 Å². The summed E-state index contributed by atoms with van der Waals surface area (Å²) >= 11 is 0. The number of benzene rings is 3. The molecule has 0 fully saturated rings. The molecule has 0 aliphatic heterocycles. The molecule has 3 aromatic rings. The molecule has 0 heterocycles. The van der Waals surface area contributed by atoms with Gasteiger partial charge in [-0.3, -0.25) is 0 Å². The van der Waals surface area contributed by atoms with E-state index in [2.05, 4.69) is 98.5 Å². The zero-order valence-corrected chi connectivity index (χ0v) is 15.2. The van der Waals surface area contributed by atoms with Gasteiger partial charge in [0.15, 0.2) is 0 Å². The van der Waals surface area contributed by atoms with Crippen molar-refractivity contribution in [1.82, 2.24) is 0 Å². The van der Waals surface area contributed by atoms with Gasteiger partial charge in [-0.25, -0.2) is 0 Å². The number of nitrogens with two attached hydrogens (primary N) is 1. The monoisotopic (exact) mass is 330 g/mol. The molecule has 0 saturated carbocycles. The Labute approximate surface area is 150 Å². The Morgan fingerprint density at radius 2 is 1.24 bits per heavy atom. The zero-order chi connectivity index (χ0) is 17.9. The lowest BCUT2D eigenvalue weighted by molar-refractivity contribution is 0.476. The summed E-state index contributed by atoms with van der Waals surface area (Å²) in [6.07, 6.45) is 0.909. The van der Waals surface area contributed by atoms with Crippen LogP contribution in [-0.4, -0.2) is 0 Å². The summed E-state index contributed by atoms with van der Waals surface area (Å²) in [6, 6.07) is 27.7. The van der Waals surface area contributed by atoms with Gasteiger partial charge in [-0.2, -0.15) is 0 Å². The topological polar surface area (TPSA) is 29.3 Å². The number of aryl methyl sites for hydroxylation is 1. The number of anilines is 3. The van der Waals surface area contributed by atoms with Crippen LogP contribution in [0.4, 0.5) is 17.1 Å². The van der Waals surface area contributed by atoms with E-state index in [4.69, 9.17) is 5.73 Å². The van der Waals surface area contributed by atoms with E-state index < -0.39 is 0 Å². The molecular formula is C23H26N2. The standard InChI is InChI=1S/C23H26N2/c1-4-23(3,24)19-12-16-22(17-13-19)25(20-8-6-5-7-9-20)21-14-10-18(2)11-15-21/h5-17H,4,24H2,1-3H3. The van der Waals surface area contributed by atoms with Gasteiger partial charge in [0, 0.05) is 22.6 Å². The average molecular weight is 330 g/mol. The van der Waals surface area contributed by atoms with Crippen LogP contribution in [0.1, 0.15) is 31.4 Å². The Balaban J connectivity index is 2.05. The first-order chi connectivity index (χ1) is 12.0. The van der Waals surface area contributed by atoms with E-state index in [1.165, 1.54) is 5.56 Å². The average Bonchev–Trinajstić information content (AvgIpc) is 2.65. The smallest absolute Gasteiger partial charge is 0.0461 e. The van der Waals surface area contributed by atoms with Gasteiger partial charge in [-0.15, -0.1) is 0 Å². The molecule has 0 amide bonds. The van der Waals surface area contributed by atoms with E-state index in [9.17, 15) is 0 Å². The number of nitrogens with zero attached hydrogens (tertiary/aromatic N) is 1. The van der Waals surface area contributed by atoms with Crippen molar-refractivity contribution >= 4 is 17.1 Å². The largest absolute Gasteiger partial charge is 0.322 e. The Morgan fingerprint density at radius 3 is 1.76 bits per heavy atom. The van der Waals surface area contributed by atoms with Crippen molar-refractivity contribution in [3.63, 3.8) is 0 Å². The van der Waals surface area contributed by atoms with Gasteiger partial charge < -0.3 is 10.6 Å². The van der Waals surface area contributed by atoms with Gasteiger partial charge in [-0.05, 0) is 62.2 Å². The Hall–Kier alpha value is -2.58. The van der Waals surface area contributed by atoms with Gasteiger partial charge in [0.05, 0.1) is 0 Å². The molecule has 1 atom stereocenters. The lowest BCUT2D eigenvalue weighted by Crippen LogP contribution is -2.31. The van der Waals surface area contributed by atoms with Crippen LogP contribution in [-0.2, 0) is 5.54 Å². The van der Waals surface area contributed by atoms with E-state index in [-0.39, 0.29) is 5.54 Å². The van der Waals surface area contributed by atoms with Crippen molar-refractivity contribution in [3.05, 3.63) is 90.0 Å². The van der Waals surface area contributed by atoms with Crippen molar-refractivity contribution in [2.24, 2.45) is 5.73 Å². The highest BCUT2D eigenvalue weighted by molar-refractivity contribution is 5.76. The van der Waals surface area contributed by atoms with Gasteiger partial charge >= 0.3 is 0 Å². The summed E-state index contributed by atoms with van der Waals surface area (Å²) in [4.78, 5) is 2.27. The second kappa shape index (κ2) is 7.12. The molecule has 25 heavy (non-hydrogen) atoms. The predicted molar refractivity (Wildman–Crippen MR) is 108 cm³/mol. The zero-order valence-electron chi connectivity index (χ0n) is 15.2. The summed E-state index contributed by atoms with van der Waals surface area (Å²) in [5.74, 6) is 0. The highest BCUT2D eigenvalue weighted by Crippen LogP contribution is 2.35. The summed E-state index contributed by atoms with van der Waals surface area (Å²) in [5.41, 5.74) is 11.9. The van der Waals surface area contributed by atoms with Crippen LogP contribution >= 0.6 is 0 Å². The maximum absolute atomic E-state index is 6.39. The van der Waals surface area contributed by atoms with Crippen molar-refractivity contribution in [2.45, 2.75) is 32.7 Å². The maximum atomic E-state index is 6.39. The molecule has 2 N–H and O–H groups in total. The quantitative estimate of drug-likeness (QED) is 0.617. The molecule has 0 saturated heterocycles. The van der Waals surface area contributed by atoms with Crippen LogP contribution < -0.4 is 10.6 Å². The first-order valence-corrected chi connectivity index (χ1v) is 8.82. The minimum atomic E-state index is -0.292. The minimum absolute atomic E-state index is 0.292. The molecule has 1 unspecified atom stereocenters. The third-order valence-corrected chi connectivity index (χ3v) is 4.83. The van der Waals surface area contributed by atoms with Gasteiger partial charge in [0.1, 0.15) is 0 Å². The van der Waals surface area contributed by atoms with E-state index in [0.29, 0.717) is 0 Å². The van der Waals surface area contributed by atoms with Crippen LogP contribution in [0.2, 0.25) is 0 Å². The summed E-state index contributed by atoms with van der Waals surface area (Å²) in [6.45, 7) is 6.31. The Kier molecular flexibility index (Phi) is 4.91. The number of hydrogen-bond acceptors (Lipinski definition) is 2. The van der Waals surface area contributed by atoms with Crippen molar-refractivity contribution < 1.29 is 0 Å². The normalized spacial score (nSPS) is 13.3. The molecule has 2 heteroatoms. The van der Waals surface area contributed by atoms with Crippen molar-refractivity contribution in [3.8, 4) is 0 Å². The summed E-state index contributed by atoms with van der Waals surface area (Å²) < 4.78 is 0. The molecule has 2 nitrogen and oxygen atoms in total. The summed E-state index contributed by atoms with van der Waals surface area (Å²) in [5, 5.41) is 0. The van der Waals surface area contributed by atoms with Crippen LogP contribution in [0.15, 0.2) is 78.9 Å². The van der Waals surface area contributed by atoms with Crippen molar-refractivity contribution in [2.75, 3.05) is 4.90 Å². The molecule has 0 aromatic heterocycles. The molecule has 0 bridgehead atoms. The Morgan fingerprint density at radius 1 is 0.760 bits per heavy atom. The second-order valence-corrected chi connectivity index (χ2v) is 6.82. The van der Waals surface area contributed by atoms with Crippen molar-refractivity contribution in [1.29, 1.82) is 0 Å². The number of para-hydroxylation sites is 1. The predicted octanol–water partition coefficient (Wildman–Crippen LogP) is 6.05. The molecule has 3 rings (SSSR count). The van der Waals surface area contributed by atoms with E-state index in [1.54, 1.807) is 0 Å². The lowest BCUT2D eigenvalue weighted by Gasteiger charge is -2.28. The number of rotatable bonds is 5. The number of hydrogen-bond donors (Lipinski definition) is 1. The third-order valence-electron chi connectivity index (χ3n) is 4.83. The Bertz CT molecular complexity index is 803. The van der Waals surface area contributed by atoms with E-state index >= 15 is 0 Å². The van der Waals surface area contributed by atoms with E-state index in [0.717, 1.165) is 29.0 Å². The fourth-order valence-electron chi connectivity index (χ4n) is 2.91. The molecule has 0 radical (unpaired) electrons. The minimum Gasteiger partial charge on any atom is -0.322 e. The fourth-order valence-corrected chi connectivity index (χ4v) is 2.91. The van der Waals surface area contributed by atoms with Crippen LogP contribution in [0.3, 0.4) is 0 Å². The third kappa shape index (κ3) is 3.75. The second-order valence-electron chi connectivity index (χ2n) is 6.82. The van der Waals surface area contributed by atoms with E-state index in [1.807, 2.05) is 6.07 Å². The first kappa shape index (κ1) is 17.2. The molecule has 0 spiro atoms.